The monoisotopic (exact) mass is 421 g/mol. The number of imide groups is 1. The molecule has 2 N–H and O–H groups in total. The maximum Gasteiger partial charge on any atom is 0.325 e. The smallest absolute Gasteiger partial charge is 0.325 e. The maximum absolute atomic E-state index is 13.1. The summed E-state index contributed by atoms with van der Waals surface area (Å²) in [4.78, 5) is 50.7. The van der Waals surface area contributed by atoms with Crippen molar-refractivity contribution in [3.05, 3.63) is 65.2 Å². The molecule has 1 heterocycles. The fourth-order valence-corrected chi connectivity index (χ4v) is 3.55. The quantitative estimate of drug-likeness (QED) is 0.502. The number of carbonyl (C=O) groups is 4. The van der Waals surface area contributed by atoms with Gasteiger partial charge in [-0.3, -0.25) is 19.3 Å². The Bertz CT molecular complexity index is 998. The number of amides is 4. The molecule has 3 rings (SSSR count). The number of ketones is 1. The van der Waals surface area contributed by atoms with Crippen LogP contribution >= 0.6 is 0 Å². The Kier molecular flexibility index (Phi) is 6.53. The number of aryl methyl sites for hydroxylation is 1. The SMILES string of the molecule is CCCc1ccc(C2(C)NC(=O)N(CC(=O)c3ccc(NC(=O)CC)cc3)C2=O)cc1. The average molecular weight is 421 g/mol. The molecule has 1 fully saturated rings. The van der Waals surface area contributed by atoms with Crippen LogP contribution in [0.1, 0.15) is 55.1 Å². The van der Waals surface area contributed by atoms with Crippen molar-refractivity contribution in [3.8, 4) is 0 Å². The van der Waals surface area contributed by atoms with Gasteiger partial charge in [0.1, 0.15) is 5.54 Å². The van der Waals surface area contributed by atoms with Gasteiger partial charge in [-0.1, -0.05) is 44.5 Å². The van der Waals surface area contributed by atoms with Gasteiger partial charge in [-0.2, -0.15) is 0 Å². The number of anilines is 1. The highest BCUT2D eigenvalue weighted by Gasteiger charge is 2.49. The minimum Gasteiger partial charge on any atom is -0.326 e. The number of benzene rings is 2. The topological polar surface area (TPSA) is 95.6 Å². The highest BCUT2D eigenvalue weighted by atomic mass is 16.2. The summed E-state index contributed by atoms with van der Waals surface area (Å²) in [5.41, 5.74) is 1.56. The first kappa shape index (κ1) is 22.2. The molecule has 1 aliphatic rings. The molecule has 2 aromatic carbocycles. The van der Waals surface area contributed by atoms with Gasteiger partial charge in [0.15, 0.2) is 5.78 Å². The van der Waals surface area contributed by atoms with Gasteiger partial charge < -0.3 is 10.6 Å². The van der Waals surface area contributed by atoms with Crippen LogP contribution in [0.4, 0.5) is 10.5 Å². The van der Waals surface area contributed by atoms with Crippen LogP contribution in [-0.4, -0.2) is 35.1 Å². The lowest BCUT2D eigenvalue weighted by atomic mass is 9.91. The zero-order valence-electron chi connectivity index (χ0n) is 18.0. The van der Waals surface area contributed by atoms with Crippen LogP contribution < -0.4 is 10.6 Å². The van der Waals surface area contributed by atoms with Crippen LogP contribution in [-0.2, 0) is 21.5 Å². The largest absolute Gasteiger partial charge is 0.326 e. The molecule has 0 aliphatic carbocycles. The molecule has 0 saturated carbocycles. The molecule has 0 aromatic heterocycles. The first-order valence-corrected chi connectivity index (χ1v) is 10.4. The highest BCUT2D eigenvalue weighted by molar-refractivity contribution is 6.11. The Morgan fingerprint density at radius 2 is 1.65 bits per heavy atom. The number of hydrogen-bond donors (Lipinski definition) is 2. The van der Waals surface area contributed by atoms with E-state index in [1.54, 1.807) is 38.1 Å². The van der Waals surface area contributed by atoms with Crippen molar-refractivity contribution in [1.82, 2.24) is 10.2 Å². The van der Waals surface area contributed by atoms with Gasteiger partial charge in [0, 0.05) is 17.7 Å². The molecule has 0 spiro atoms. The van der Waals surface area contributed by atoms with Crippen molar-refractivity contribution in [2.75, 3.05) is 11.9 Å². The van der Waals surface area contributed by atoms with Crippen molar-refractivity contribution < 1.29 is 19.2 Å². The van der Waals surface area contributed by atoms with Crippen molar-refractivity contribution in [2.45, 2.75) is 45.6 Å². The van der Waals surface area contributed by atoms with Gasteiger partial charge in [-0.15, -0.1) is 0 Å². The number of hydrogen-bond acceptors (Lipinski definition) is 4. The molecule has 162 valence electrons. The van der Waals surface area contributed by atoms with Gasteiger partial charge in [-0.25, -0.2) is 4.79 Å². The van der Waals surface area contributed by atoms with Gasteiger partial charge in [-0.05, 0) is 48.7 Å². The van der Waals surface area contributed by atoms with Crippen LogP contribution in [0, 0.1) is 0 Å². The van der Waals surface area contributed by atoms with E-state index >= 15 is 0 Å². The summed E-state index contributed by atoms with van der Waals surface area (Å²) < 4.78 is 0. The summed E-state index contributed by atoms with van der Waals surface area (Å²) in [6.45, 7) is 5.14. The third-order valence-corrected chi connectivity index (χ3v) is 5.46. The Hall–Kier alpha value is -3.48. The molecule has 7 nitrogen and oxygen atoms in total. The van der Waals surface area contributed by atoms with Crippen LogP contribution in [0.5, 0.6) is 0 Å². The zero-order valence-corrected chi connectivity index (χ0v) is 18.0. The Labute approximate surface area is 181 Å². The molecule has 4 amide bonds. The van der Waals surface area contributed by atoms with E-state index in [-0.39, 0.29) is 18.2 Å². The Balaban J connectivity index is 1.72. The summed E-state index contributed by atoms with van der Waals surface area (Å²) in [5, 5.41) is 5.44. The van der Waals surface area contributed by atoms with E-state index in [0.717, 1.165) is 23.3 Å². The first-order chi connectivity index (χ1) is 14.8. The molecule has 31 heavy (non-hydrogen) atoms. The molecule has 1 atom stereocenters. The standard InChI is InChI=1S/C24H27N3O4/c1-4-6-16-7-11-18(12-8-16)24(3)22(30)27(23(31)26-24)15-20(28)17-9-13-19(14-10-17)25-21(29)5-2/h7-14H,4-6,15H2,1-3H3,(H,25,29)(H,26,31). The van der Waals surface area contributed by atoms with Crippen molar-refractivity contribution in [3.63, 3.8) is 0 Å². The normalized spacial score (nSPS) is 18.1. The summed E-state index contributed by atoms with van der Waals surface area (Å²) in [7, 11) is 0. The predicted octanol–water partition coefficient (Wildman–Crippen LogP) is 3.64. The Morgan fingerprint density at radius 3 is 2.23 bits per heavy atom. The number of urea groups is 1. The van der Waals surface area contributed by atoms with E-state index in [4.69, 9.17) is 0 Å². The lowest BCUT2D eigenvalue weighted by Crippen LogP contribution is -2.41. The van der Waals surface area contributed by atoms with Crippen LogP contribution in [0.25, 0.3) is 0 Å². The number of nitrogens with one attached hydrogen (secondary N) is 2. The first-order valence-electron chi connectivity index (χ1n) is 10.4. The number of nitrogens with zero attached hydrogens (tertiary/aromatic N) is 1. The number of rotatable bonds is 8. The van der Waals surface area contributed by atoms with E-state index in [1.807, 2.05) is 24.3 Å². The second-order valence-electron chi connectivity index (χ2n) is 7.80. The van der Waals surface area contributed by atoms with Crippen LogP contribution in [0.15, 0.2) is 48.5 Å². The van der Waals surface area contributed by atoms with Crippen molar-refractivity contribution >= 4 is 29.3 Å². The predicted molar refractivity (Wildman–Crippen MR) is 118 cm³/mol. The molecular formula is C24H27N3O4. The van der Waals surface area contributed by atoms with E-state index < -0.39 is 17.5 Å². The fourth-order valence-electron chi connectivity index (χ4n) is 3.55. The second kappa shape index (κ2) is 9.12. The van der Waals surface area contributed by atoms with Crippen LogP contribution in [0.3, 0.4) is 0 Å². The highest BCUT2D eigenvalue weighted by Crippen LogP contribution is 2.29. The van der Waals surface area contributed by atoms with Crippen molar-refractivity contribution in [2.24, 2.45) is 0 Å². The molecule has 7 heteroatoms. The van der Waals surface area contributed by atoms with Crippen LogP contribution in [0.2, 0.25) is 0 Å². The lowest BCUT2D eigenvalue weighted by molar-refractivity contribution is -0.130. The van der Waals surface area contributed by atoms with Gasteiger partial charge in [0.05, 0.1) is 6.54 Å². The summed E-state index contributed by atoms with van der Waals surface area (Å²) in [6.07, 6.45) is 2.32. The van der Waals surface area contributed by atoms with E-state index in [1.165, 1.54) is 0 Å². The minimum atomic E-state index is -1.21. The molecule has 0 radical (unpaired) electrons. The molecular weight excluding hydrogens is 394 g/mol. The molecule has 2 aromatic rings. The van der Waals surface area contributed by atoms with E-state index in [2.05, 4.69) is 17.6 Å². The summed E-state index contributed by atoms with van der Waals surface area (Å²) >= 11 is 0. The van der Waals surface area contributed by atoms with Gasteiger partial charge in [0.2, 0.25) is 5.91 Å². The number of carbonyl (C=O) groups excluding carboxylic acids is 4. The number of Topliss-reactive ketones (excluding diaryl/α,β-unsaturated/α-hetero) is 1. The second-order valence-corrected chi connectivity index (χ2v) is 7.80. The minimum absolute atomic E-state index is 0.125. The third kappa shape index (κ3) is 4.66. The molecule has 1 unspecified atom stereocenters. The summed E-state index contributed by atoms with van der Waals surface area (Å²) in [6, 6.07) is 13.4. The average Bonchev–Trinajstić information content (AvgIpc) is 2.98. The molecule has 1 aliphatic heterocycles. The van der Waals surface area contributed by atoms with E-state index in [0.29, 0.717) is 23.2 Å². The fraction of sp³-hybridized carbons (Fsp3) is 0.333. The summed E-state index contributed by atoms with van der Waals surface area (Å²) in [5.74, 6) is -0.944. The van der Waals surface area contributed by atoms with Crippen molar-refractivity contribution in [1.29, 1.82) is 0 Å². The van der Waals surface area contributed by atoms with E-state index in [9.17, 15) is 19.2 Å². The third-order valence-electron chi connectivity index (χ3n) is 5.46. The molecule has 0 bridgehead atoms. The maximum atomic E-state index is 13.1. The lowest BCUT2D eigenvalue weighted by Gasteiger charge is -2.22. The van der Waals surface area contributed by atoms with Gasteiger partial charge in [0.25, 0.3) is 5.91 Å². The Morgan fingerprint density at radius 1 is 1.00 bits per heavy atom. The van der Waals surface area contributed by atoms with Gasteiger partial charge >= 0.3 is 6.03 Å². The molecule has 1 saturated heterocycles. The zero-order chi connectivity index (χ0) is 22.6.